The molecule has 1 aromatic rings. The van der Waals surface area contributed by atoms with E-state index in [9.17, 15) is 9.59 Å². The third-order valence-electron chi connectivity index (χ3n) is 4.75. The number of hydrogen-bond donors (Lipinski definition) is 0. The van der Waals surface area contributed by atoms with E-state index >= 15 is 0 Å². The molecule has 2 fully saturated rings. The highest BCUT2D eigenvalue weighted by atomic mass is 16.7. The Morgan fingerprint density at radius 1 is 1.08 bits per heavy atom. The predicted octanol–water partition coefficient (Wildman–Crippen LogP) is 1.49. The molecule has 0 unspecified atom stereocenters. The maximum atomic E-state index is 13.0. The van der Waals surface area contributed by atoms with Gasteiger partial charge in [0.15, 0.2) is 0 Å². The zero-order chi connectivity index (χ0) is 17.4. The number of rotatable bonds is 3. The highest BCUT2D eigenvalue weighted by Gasteiger charge is 2.48. The lowest BCUT2D eigenvalue weighted by Gasteiger charge is -2.23. The second-order valence-corrected chi connectivity index (χ2v) is 6.26. The van der Waals surface area contributed by atoms with Crippen LogP contribution in [0.5, 0.6) is 0 Å². The molecule has 2 heterocycles. The van der Waals surface area contributed by atoms with E-state index in [1.165, 1.54) is 0 Å². The standard InChI is InChI=1S/C18H23N3O3/c1-5-14-11-12(2)10-13(3)15(14)16-17(22)20-8-6-19(24-4)7-9-21(20)18(16)23/h5,10-11,16H,1,6-9H2,2-4H3. The second-order valence-electron chi connectivity index (χ2n) is 6.26. The molecule has 2 aliphatic heterocycles. The number of hydrazine groups is 1. The Morgan fingerprint density at radius 3 is 2.17 bits per heavy atom. The van der Waals surface area contributed by atoms with Crippen molar-refractivity contribution < 1.29 is 14.4 Å². The minimum Gasteiger partial charge on any atom is -0.302 e. The molecule has 6 nitrogen and oxygen atoms in total. The van der Waals surface area contributed by atoms with Gasteiger partial charge in [-0.25, -0.2) is 10.0 Å². The van der Waals surface area contributed by atoms with Crippen LogP contribution in [0.1, 0.15) is 28.2 Å². The molecule has 3 rings (SSSR count). The average molecular weight is 329 g/mol. The van der Waals surface area contributed by atoms with Crippen LogP contribution in [0.3, 0.4) is 0 Å². The third-order valence-corrected chi connectivity index (χ3v) is 4.75. The Balaban J connectivity index is 1.99. The van der Waals surface area contributed by atoms with Crippen molar-refractivity contribution in [3.8, 4) is 0 Å². The van der Waals surface area contributed by atoms with E-state index in [0.29, 0.717) is 26.2 Å². The zero-order valence-corrected chi connectivity index (χ0v) is 14.4. The lowest BCUT2D eigenvalue weighted by Crippen LogP contribution is -2.41. The maximum Gasteiger partial charge on any atom is 0.258 e. The summed E-state index contributed by atoms with van der Waals surface area (Å²) in [6.07, 6.45) is 1.72. The molecule has 0 N–H and O–H groups in total. The fourth-order valence-corrected chi connectivity index (χ4v) is 3.63. The summed E-state index contributed by atoms with van der Waals surface area (Å²) in [5, 5.41) is 4.90. The molecule has 0 atom stereocenters. The zero-order valence-electron chi connectivity index (χ0n) is 14.4. The summed E-state index contributed by atoms with van der Waals surface area (Å²) in [5.41, 5.74) is 3.68. The maximum absolute atomic E-state index is 13.0. The number of fused-ring (bicyclic) bond motifs is 1. The molecule has 0 radical (unpaired) electrons. The first kappa shape index (κ1) is 16.7. The van der Waals surface area contributed by atoms with Crippen LogP contribution in [0.4, 0.5) is 0 Å². The number of aryl methyl sites for hydroxylation is 2. The van der Waals surface area contributed by atoms with Gasteiger partial charge in [0.25, 0.3) is 11.8 Å². The summed E-state index contributed by atoms with van der Waals surface area (Å²) in [6.45, 7) is 9.86. The highest BCUT2D eigenvalue weighted by molar-refractivity contribution is 6.11. The lowest BCUT2D eigenvalue weighted by molar-refractivity contribution is -0.145. The summed E-state index contributed by atoms with van der Waals surface area (Å²) in [5.74, 6) is -1.09. The molecular formula is C18H23N3O3. The van der Waals surface area contributed by atoms with Crippen molar-refractivity contribution in [1.29, 1.82) is 0 Å². The SMILES string of the molecule is C=Cc1cc(C)cc(C)c1C1C(=O)N2CCN(OC)CCN2C1=O. The summed E-state index contributed by atoms with van der Waals surface area (Å²) >= 11 is 0. The molecule has 1 aromatic carbocycles. The van der Waals surface area contributed by atoms with Gasteiger partial charge in [0.05, 0.1) is 20.2 Å². The number of carbonyl (C=O) groups is 2. The number of hydroxylamine groups is 2. The van der Waals surface area contributed by atoms with Crippen LogP contribution in [0.2, 0.25) is 0 Å². The minimum absolute atomic E-state index is 0.159. The molecule has 24 heavy (non-hydrogen) atoms. The fourth-order valence-electron chi connectivity index (χ4n) is 3.63. The largest absolute Gasteiger partial charge is 0.302 e. The van der Waals surface area contributed by atoms with Crippen LogP contribution in [0.25, 0.3) is 6.08 Å². The normalized spacial score (nSPS) is 19.6. The lowest BCUT2D eigenvalue weighted by atomic mass is 9.88. The van der Waals surface area contributed by atoms with Crippen LogP contribution in [0.15, 0.2) is 18.7 Å². The Labute approximate surface area is 142 Å². The first-order valence-electron chi connectivity index (χ1n) is 8.13. The molecule has 0 spiro atoms. The Hall–Kier alpha value is -2.18. The van der Waals surface area contributed by atoms with E-state index in [4.69, 9.17) is 4.84 Å². The van der Waals surface area contributed by atoms with Crippen LogP contribution < -0.4 is 0 Å². The van der Waals surface area contributed by atoms with Gasteiger partial charge in [-0.1, -0.05) is 30.4 Å². The fraction of sp³-hybridized carbons (Fsp3) is 0.444. The molecule has 2 amide bonds. The van der Waals surface area contributed by atoms with Crippen molar-refractivity contribution in [2.45, 2.75) is 19.8 Å². The summed E-state index contributed by atoms with van der Waals surface area (Å²) < 4.78 is 0. The molecule has 2 aliphatic rings. The van der Waals surface area contributed by atoms with Gasteiger partial charge in [0, 0.05) is 13.1 Å². The van der Waals surface area contributed by atoms with E-state index < -0.39 is 5.92 Å². The van der Waals surface area contributed by atoms with Crippen LogP contribution in [-0.4, -0.2) is 60.2 Å². The number of amides is 2. The van der Waals surface area contributed by atoms with E-state index in [-0.39, 0.29) is 11.8 Å². The molecule has 128 valence electrons. The van der Waals surface area contributed by atoms with Crippen molar-refractivity contribution in [2.75, 3.05) is 33.3 Å². The number of nitrogens with zero attached hydrogens (tertiary/aromatic N) is 3. The first-order valence-corrected chi connectivity index (χ1v) is 8.13. The quantitative estimate of drug-likeness (QED) is 0.789. The second kappa shape index (κ2) is 6.37. The van der Waals surface area contributed by atoms with Crippen molar-refractivity contribution in [2.24, 2.45) is 0 Å². The van der Waals surface area contributed by atoms with Crippen LogP contribution >= 0.6 is 0 Å². The van der Waals surface area contributed by atoms with E-state index in [1.807, 2.05) is 26.0 Å². The third kappa shape index (κ3) is 2.61. The van der Waals surface area contributed by atoms with Gasteiger partial charge >= 0.3 is 0 Å². The van der Waals surface area contributed by atoms with Gasteiger partial charge in [-0.2, -0.15) is 5.06 Å². The summed E-state index contributed by atoms with van der Waals surface area (Å²) in [4.78, 5) is 31.2. The van der Waals surface area contributed by atoms with E-state index in [0.717, 1.165) is 22.3 Å². The van der Waals surface area contributed by atoms with Crippen molar-refractivity contribution >= 4 is 17.9 Å². The van der Waals surface area contributed by atoms with Gasteiger partial charge in [-0.05, 0) is 30.5 Å². The van der Waals surface area contributed by atoms with E-state index in [2.05, 4.69) is 6.58 Å². The monoisotopic (exact) mass is 329 g/mol. The van der Waals surface area contributed by atoms with Gasteiger partial charge in [-0.15, -0.1) is 0 Å². The minimum atomic E-state index is -0.771. The highest BCUT2D eigenvalue weighted by Crippen LogP contribution is 2.35. The summed E-state index contributed by atoms with van der Waals surface area (Å²) in [6, 6.07) is 3.98. The van der Waals surface area contributed by atoms with Crippen molar-refractivity contribution in [3.63, 3.8) is 0 Å². The molecule has 0 saturated carbocycles. The Morgan fingerprint density at radius 2 is 1.67 bits per heavy atom. The number of carbonyl (C=O) groups excluding carboxylic acids is 2. The molecule has 0 aliphatic carbocycles. The molecule has 0 bridgehead atoms. The Bertz CT molecular complexity index is 675. The molecule has 2 saturated heterocycles. The van der Waals surface area contributed by atoms with Crippen LogP contribution in [0, 0.1) is 13.8 Å². The molecule has 6 heteroatoms. The smallest absolute Gasteiger partial charge is 0.258 e. The van der Waals surface area contributed by atoms with Gasteiger partial charge < -0.3 is 4.84 Å². The van der Waals surface area contributed by atoms with E-state index in [1.54, 1.807) is 28.3 Å². The average Bonchev–Trinajstić information content (AvgIpc) is 2.71. The topological polar surface area (TPSA) is 53.1 Å². The molecule has 0 aromatic heterocycles. The van der Waals surface area contributed by atoms with Crippen molar-refractivity contribution in [1.82, 2.24) is 15.1 Å². The predicted molar refractivity (Wildman–Crippen MR) is 90.8 cm³/mol. The van der Waals surface area contributed by atoms with Gasteiger partial charge in [-0.3, -0.25) is 9.59 Å². The number of hydrogen-bond acceptors (Lipinski definition) is 4. The molecular weight excluding hydrogens is 306 g/mol. The van der Waals surface area contributed by atoms with Crippen molar-refractivity contribution in [3.05, 3.63) is 41.0 Å². The number of benzene rings is 1. The van der Waals surface area contributed by atoms with Gasteiger partial charge in [0.1, 0.15) is 5.92 Å². The van der Waals surface area contributed by atoms with Gasteiger partial charge in [0.2, 0.25) is 0 Å². The van der Waals surface area contributed by atoms with Crippen LogP contribution in [-0.2, 0) is 14.4 Å². The first-order chi connectivity index (χ1) is 11.5. The Kier molecular flexibility index (Phi) is 4.43. The summed E-state index contributed by atoms with van der Waals surface area (Å²) in [7, 11) is 1.60.